The van der Waals surface area contributed by atoms with Crippen LogP contribution in [0, 0.1) is 0 Å². The van der Waals surface area contributed by atoms with E-state index in [1.807, 2.05) is 35.2 Å². The van der Waals surface area contributed by atoms with Crippen molar-refractivity contribution in [2.24, 2.45) is 10.7 Å². The molecule has 1 aromatic heterocycles. The number of hydrogen-bond acceptors (Lipinski definition) is 9. The molecule has 2 aliphatic rings. The van der Waals surface area contributed by atoms with E-state index in [2.05, 4.69) is 15.0 Å². The fraction of sp³-hybridized carbons (Fsp3) is 0.421. The van der Waals surface area contributed by atoms with Gasteiger partial charge in [-0.15, -0.1) is 0 Å². The van der Waals surface area contributed by atoms with Crippen LogP contribution in [0.25, 0.3) is 0 Å². The predicted octanol–water partition coefficient (Wildman–Crippen LogP) is 0.306. The van der Waals surface area contributed by atoms with Crippen molar-refractivity contribution in [1.82, 2.24) is 14.3 Å². The molecule has 30 heavy (non-hydrogen) atoms. The van der Waals surface area contributed by atoms with Crippen molar-refractivity contribution in [2.75, 3.05) is 39.3 Å². The Balaban J connectivity index is 1.85. The molecule has 0 bridgehead atoms. The zero-order chi connectivity index (χ0) is 21.5. The van der Waals surface area contributed by atoms with Gasteiger partial charge < -0.3 is 20.1 Å². The normalized spacial score (nSPS) is 25.0. The minimum atomic E-state index is -3.75. The second-order valence-corrected chi connectivity index (χ2v) is 9.42. The van der Waals surface area contributed by atoms with E-state index in [4.69, 9.17) is 15.2 Å². The number of sulfonamides is 1. The number of rotatable bonds is 5. The number of ether oxygens (including phenoxy) is 2. The summed E-state index contributed by atoms with van der Waals surface area (Å²) in [6.07, 6.45) is 0. The van der Waals surface area contributed by atoms with E-state index in [9.17, 15) is 8.42 Å². The smallest absolute Gasteiger partial charge is 0.244 e. The van der Waals surface area contributed by atoms with Crippen LogP contribution in [-0.4, -0.2) is 68.3 Å². The molecule has 1 saturated heterocycles. The summed E-state index contributed by atoms with van der Waals surface area (Å²) < 4.78 is 38.1. The number of nitrogens with zero attached hydrogens (tertiary/aromatic N) is 5. The van der Waals surface area contributed by atoms with Crippen LogP contribution in [0.2, 0.25) is 0 Å². The van der Waals surface area contributed by atoms with Crippen LogP contribution < -0.4 is 15.4 Å². The Labute approximate surface area is 175 Å². The molecule has 2 unspecified atom stereocenters. The van der Waals surface area contributed by atoms with Gasteiger partial charge in [-0.2, -0.15) is 4.98 Å². The number of methoxy groups -OCH3 is 2. The van der Waals surface area contributed by atoms with Gasteiger partial charge in [0.1, 0.15) is 10.8 Å². The Hall–Kier alpha value is -2.92. The highest BCUT2D eigenvalue weighted by Crippen LogP contribution is 2.44. The first kappa shape index (κ1) is 20.4. The highest BCUT2D eigenvalue weighted by atomic mass is 32.2. The minimum absolute atomic E-state index is 0.0383. The summed E-state index contributed by atoms with van der Waals surface area (Å²) in [4.78, 5) is 15.5. The van der Waals surface area contributed by atoms with Gasteiger partial charge in [0.25, 0.3) is 0 Å². The number of guanidine groups is 1. The number of aliphatic imine (C=N–C) groups is 1. The Kier molecular flexibility index (Phi) is 5.02. The van der Waals surface area contributed by atoms with Crippen LogP contribution >= 0.6 is 0 Å². The third-order valence-corrected chi connectivity index (χ3v) is 7.74. The molecular weight excluding hydrogens is 408 g/mol. The fourth-order valence-electron chi connectivity index (χ4n) is 4.00. The molecule has 1 fully saturated rings. The number of anilines is 1. The van der Waals surface area contributed by atoms with E-state index in [-0.39, 0.29) is 25.7 Å². The van der Waals surface area contributed by atoms with E-state index in [0.717, 1.165) is 9.87 Å². The summed E-state index contributed by atoms with van der Waals surface area (Å²) in [5, 5.41) is -0.842. The molecule has 160 valence electrons. The lowest BCUT2D eigenvalue weighted by molar-refractivity contribution is 0.181. The van der Waals surface area contributed by atoms with Crippen molar-refractivity contribution >= 4 is 21.9 Å². The maximum atomic E-state index is 13.3. The summed E-state index contributed by atoms with van der Waals surface area (Å²) in [6.45, 7) is 0.700. The molecule has 2 N–H and O–H groups in total. The molecule has 1 aromatic carbocycles. The van der Waals surface area contributed by atoms with Crippen LogP contribution in [0.1, 0.15) is 11.3 Å². The predicted molar refractivity (Wildman–Crippen MR) is 112 cm³/mol. The van der Waals surface area contributed by atoms with E-state index in [0.29, 0.717) is 17.5 Å². The van der Waals surface area contributed by atoms with Crippen molar-refractivity contribution < 1.29 is 17.9 Å². The Morgan fingerprint density at radius 1 is 1.23 bits per heavy atom. The zero-order valence-electron chi connectivity index (χ0n) is 17.0. The molecule has 0 spiro atoms. The number of hydrogen-bond donors (Lipinski definition) is 1. The lowest BCUT2D eigenvalue weighted by Crippen LogP contribution is -2.56. The second kappa shape index (κ2) is 7.40. The molecule has 4 rings (SSSR count). The Morgan fingerprint density at radius 2 is 1.97 bits per heavy atom. The molecule has 0 amide bonds. The van der Waals surface area contributed by atoms with Gasteiger partial charge in [-0.25, -0.2) is 22.7 Å². The molecule has 2 aromatic rings. The Morgan fingerprint density at radius 3 is 2.63 bits per heavy atom. The van der Waals surface area contributed by atoms with Crippen molar-refractivity contribution in [3.05, 3.63) is 47.7 Å². The molecule has 2 atom stereocenters. The van der Waals surface area contributed by atoms with Crippen molar-refractivity contribution in [2.45, 2.75) is 17.4 Å². The highest BCUT2D eigenvalue weighted by molar-refractivity contribution is 7.90. The standard InChI is InChI=1S/C19H24N6O4S/c1-24-17(20)23-19(13-7-5-4-6-8-13)12-25(10-15(19)30(24,26)27)18-21-14(11-28-2)9-16(22-18)29-3/h4-9,15H,10-12H2,1-3H3,(H2,20,23). The van der Waals surface area contributed by atoms with E-state index >= 15 is 0 Å². The minimum Gasteiger partial charge on any atom is -0.481 e. The lowest BCUT2D eigenvalue weighted by Gasteiger charge is -2.38. The van der Waals surface area contributed by atoms with Gasteiger partial charge in [0, 0.05) is 26.8 Å². The topological polar surface area (TPSA) is 123 Å². The van der Waals surface area contributed by atoms with Crippen LogP contribution in [0.4, 0.5) is 5.95 Å². The van der Waals surface area contributed by atoms with E-state index < -0.39 is 20.8 Å². The number of benzene rings is 1. The zero-order valence-corrected chi connectivity index (χ0v) is 17.8. The molecule has 10 nitrogen and oxygen atoms in total. The van der Waals surface area contributed by atoms with Gasteiger partial charge in [0.05, 0.1) is 26.0 Å². The van der Waals surface area contributed by atoms with Crippen molar-refractivity contribution in [1.29, 1.82) is 0 Å². The summed E-state index contributed by atoms with van der Waals surface area (Å²) in [5.41, 5.74) is 6.38. The van der Waals surface area contributed by atoms with E-state index in [1.54, 1.807) is 13.2 Å². The Bertz CT molecular complexity index is 1080. The largest absolute Gasteiger partial charge is 0.481 e. The van der Waals surface area contributed by atoms with Gasteiger partial charge in [0.2, 0.25) is 27.8 Å². The highest BCUT2D eigenvalue weighted by Gasteiger charge is 2.59. The summed E-state index contributed by atoms with van der Waals surface area (Å²) in [6, 6.07) is 11.0. The summed E-state index contributed by atoms with van der Waals surface area (Å²) >= 11 is 0. The van der Waals surface area contributed by atoms with Crippen LogP contribution in [0.15, 0.2) is 41.4 Å². The lowest BCUT2D eigenvalue weighted by atomic mass is 9.89. The van der Waals surface area contributed by atoms with Crippen LogP contribution in [0.5, 0.6) is 5.88 Å². The second-order valence-electron chi connectivity index (χ2n) is 7.28. The maximum absolute atomic E-state index is 13.3. The average molecular weight is 433 g/mol. The maximum Gasteiger partial charge on any atom is 0.244 e. The first-order valence-corrected chi connectivity index (χ1v) is 10.9. The molecule has 0 saturated carbocycles. The van der Waals surface area contributed by atoms with Gasteiger partial charge >= 0.3 is 0 Å². The van der Waals surface area contributed by atoms with Gasteiger partial charge in [-0.3, -0.25) is 0 Å². The van der Waals surface area contributed by atoms with Gasteiger partial charge in [0.15, 0.2) is 0 Å². The molecule has 2 aliphatic heterocycles. The first-order chi connectivity index (χ1) is 14.3. The summed E-state index contributed by atoms with van der Waals surface area (Å²) in [5.74, 6) is 0.694. The number of nitrogens with two attached hydrogens (primary N) is 1. The molecule has 3 heterocycles. The quantitative estimate of drug-likeness (QED) is 0.716. The van der Waals surface area contributed by atoms with Crippen LogP contribution in [-0.2, 0) is 26.9 Å². The van der Waals surface area contributed by atoms with E-state index in [1.165, 1.54) is 14.2 Å². The third kappa shape index (κ3) is 3.14. The number of fused-ring (bicyclic) bond motifs is 1. The van der Waals surface area contributed by atoms with Gasteiger partial charge in [-0.05, 0) is 5.56 Å². The SMILES string of the molecule is COCc1cc(OC)nc(N2CC3C(c4ccccc4)(C2)N=C(N)N(C)S3(=O)=O)n1. The van der Waals surface area contributed by atoms with Crippen molar-refractivity contribution in [3.8, 4) is 5.88 Å². The van der Waals surface area contributed by atoms with Crippen LogP contribution in [0.3, 0.4) is 0 Å². The summed E-state index contributed by atoms with van der Waals surface area (Å²) in [7, 11) is 0.762. The molecule has 0 aliphatic carbocycles. The average Bonchev–Trinajstić information content (AvgIpc) is 3.15. The monoisotopic (exact) mass is 432 g/mol. The fourth-order valence-corrected chi connectivity index (χ4v) is 5.81. The first-order valence-electron chi connectivity index (χ1n) is 9.36. The molecular formula is C19H24N6O4S. The van der Waals surface area contributed by atoms with Gasteiger partial charge in [-0.1, -0.05) is 30.3 Å². The molecule has 11 heteroatoms. The number of aromatic nitrogens is 2. The third-order valence-electron chi connectivity index (χ3n) is 5.53. The molecule has 0 radical (unpaired) electrons. The van der Waals surface area contributed by atoms with Crippen molar-refractivity contribution in [3.63, 3.8) is 0 Å².